The number of ketones is 1. The van der Waals surface area contributed by atoms with Gasteiger partial charge in [0.05, 0.1) is 6.10 Å². The van der Waals surface area contributed by atoms with E-state index in [0.29, 0.717) is 34.7 Å². The first kappa shape index (κ1) is 18.3. The minimum atomic E-state index is -0.423. The Morgan fingerprint density at radius 3 is 2.78 bits per heavy atom. The molecule has 1 saturated heterocycles. The molecule has 0 unspecified atom stereocenters. The Labute approximate surface area is 163 Å². The molecule has 1 aromatic carbocycles. The summed E-state index contributed by atoms with van der Waals surface area (Å²) in [7, 11) is 0. The van der Waals surface area contributed by atoms with Gasteiger partial charge in [-0.05, 0) is 55.4 Å². The maximum absolute atomic E-state index is 12.7. The fraction of sp³-hybridized carbons (Fsp3) is 0.429. The molecule has 1 aliphatic carbocycles. The summed E-state index contributed by atoms with van der Waals surface area (Å²) in [6.07, 6.45) is 3.00. The van der Waals surface area contributed by atoms with Crippen LogP contribution >= 0.6 is 11.6 Å². The third-order valence-corrected chi connectivity index (χ3v) is 5.71. The summed E-state index contributed by atoms with van der Waals surface area (Å²) in [6.45, 7) is 2.78. The van der Waals surface area contributed by atoms with Crippen LogP contribution in [0.4, 0.5) is 0 Å². The monoisotopic (exact) mass is 387 g/mol. The summed E-state index contributed by atoms with van der Waals surface area (Å²) in [6, 6.07) is 7.59. The molecule has 0 amide bonds. The zero-order valence-corrected chi connectivity index (χ0v) is 16.0. The minimum absolute atomic E-state index is 0.0187. The lowest BCUT2D eigenvalue weighted by atomic mass is 9.81. The molecule has 2 aromatic rings. The normalized spacial score (nSPS) is 21.9. The third kappa shape index (κ3) is 3.66. The van der Waals surface area contributed by atoms with E-state index in [1.165, 1.54) is 0 Å². The SMILES string of the molecule is Cc1c(C(=O)OC[C@H]2CCCO2)[nH]c2c1C(=O)C[C@H](c1ccc(Cl)cc1)C2. The van der Waals surface area contributed by atoms with E-state index in [9.17, 15) is 9.59 Å². The lowest BCUT2D eigenvalue weighted by Gasteiger charge is -2.22. The second-order valence-corrected chi connectivity index (χ2v) is 7.73. The van der Waals surface area contributed by atoms with Crippen LogP contribution in [-0.4, -0.2) is 36.1 Å². The predicted molar refractivity (Wildman–Crippen MR) is 102 cm³/mol. The summed E-state index contributed by atoms with van der Waals surface area (Å²) in [5.74, 6) is -0.285. The number of carbonyl (C=O) groups excluding carboxylic acids is 2. The van der Waals surface area contributed by atoms with Gasteiger partial charge in [0.25, 0.3) is 0 Å². The summed E-state index contributed by atoms with van der Waals surface area (Å²) in [4.78, 5) is 28.4. The van der Waals surface area contributed by atoms with Crippen molar-refractivity contribution in [3.8, 4) is 0 Å². The Morgan fingerprint density at radius 1 is 1.30 bits per heavy atom. The number of benzene rings is 1. The topological polar surface area (TPSA) is 68.4 Å². The molecular formula is C21H22ClNO4. The molecule has 0 spiro atoms. The second-order valence-electron chi connectivity index (χ2n) is 7.29. The molecule has 2 aliphatic rings. The van der Waals surface area contributed by atoms with E-state index in [4.69, 9.17) is 21.1 Å². The van der Waals surface area contributed by atoms with Crippen LogP contribution in [0.3, 0.4) is 0 Å². The number of esters is 1. The highest BCUT2D eigenvalue weighted by atomic mass is 35.5. The van der Waals surface area contributed by atoms with Crippen molar-refractivity contribution in [3.63, 3.8) is 0 Å². The van der Waals surface area contributed by atoms with Crippen molar-refractivity contribution >= 4 is 23.4 Å². The molecule has 5 nitrogen and oxygen atoms in total. The number of nitrogens with one attached hydrogen (secondary N) is 1. The van der Waals surface area contributed by atoms with Crippen LogP contribution < -0.4 is 0 Å². The zero-order valence-electron chi connectivity index (χ0n) is 15.2. The van der Waals surface area contributed by atoms with Crippen LogP contribution in [0, 0.1) is 6.92 Å². The molecule has 1 aliphatic heterocycles. The first-order valence-corrected chi connectivity index (χ1v) is 9.69. The van der Waals surface area contributed by atoms with Crippen molar-refractivity contribution in [3.05, 3.63) is 57.4 Å². The molecule has 27 heavy (non-hydrogen) atoms. The molecule has 2 heterocycles. The Bertz CT molecular complexity index is 865. The van der Waals surface area contributed by atoms with Gasteiger partial charge in [0.2, 0.25) is 0 Å². The van der Waals surface area contributed by atoms with Crippen LogP contribution in [-0.2, 0) is 15.9 Å². The fourth-order valence-electron chi connectivity index (χ4n) is 4.02. The van der Waals surface area contributed by atoms with Gasteiger partial charge in [0.15, 0.2) is 5.78 Å². The Hall–Kier alpha value is -2.11. The number of Topliss-reactive ketones (excluding diaryl/α,β-unsaturated/α-hetero) is 1. The maximum atomic E-state index is 12.7. The van der Waals surface area contributed by atoms with Gasteiger partial charge >= 0.3 is 5.97 Å². The Kier molecular flexibility index (Phi) is 5.06. The van der Waals surface area contributed by atoms with E-state index in [1.54, 1.807) is 6.92 Å². The number of carbonyl (C=O) groups is 2. The highest BCUT2D eigenvalue weighted by molar-refractivity contribution is 6.30. The smallest absolute Gasteiger partial charge is 0.355 e. The van der Waals surface area contributed by atoms with E-state index < -0.39 is 5.97 Å². The van der Waals surface area contributed by atoms with Crippen LogP contribution in [0.25, 0.3) is 0 Å². The van der Waals surface area contributed by atoms with Gasteiger partial charge in [-0.1, -0.05) is 23.7 Å². The molecule has 4 rings (SSSR count). The number of hydrogen-bond donors (Lipinski definition) is 1. The van der Waals surface area contributed by atoms with Crippen LogP contribution in [0.2, 0.25) is 5.02 Å². The predicted octanol–water partition coefficient (Wildman–Crippen LogP) is 4.23. The van der Waals surface area contributed by atoms with E-state index >= 15 is 0 Å². The van der Waals surface area contributed by atoms with Gasteiger partial charge in [-0.3, -0.25) is 4.79 Å². The number of ether oxygens (including phenoxy) is 2. The Morgan fingerprint density at radius 2 is 2.07 bits per heavy atom. The molecule has 1 N–H and O–H groups in total. The van der Waals surface area contributed by atoms with Crippen LogP contribution in [0.5, 0.6) is 0 Å². The number of aromatic amines is 1. The lowest BCUT2D eigenvalue weighted by molar-refractivity contribution is 0.0156. The number of halogens is 1. The summed E-state index contributed by atoms with van der Waals surface area (Å²) in [5.41, 5.74) is 3.59. The van der Waals surface area contributed by atoms with Gasteiger partial charge in [0.1, 0.15) is 12.3 Å². The molecule has 0 radical (unpaired) electrons. The number of fused-ring (bicyclic) bond motifs is 1. The molecular weight excluding hydrogens is 366 g/mol. The van der Waals surface area contributed by atoms with Crippen molar-refractivity contribution in [2.24, 2.45) is 0 Å². The lowest BCUT2D eigenvalue weighted by Crippen LogP contribution is -2.18. The summed E-state index contributed by atoms with van der Waals surface area (Å²) < 4.78 is 10.9. The minimum Gasteiger partial charge on any atom is -0.458 e. The number of hydrogen-bond acceptors (Lipinski definition) is 4. The number of aromatic nitrogens is 1. The standard InChI is InChI=1S/C21H22ClNO4/c1-12-19-17(23-20(12)21(25)27-11-16-3-2-8-26-16)9-14(10-18(19)24)13-4-6-15(22)7-5-13/h4-7,14,16,23H,2-3,8-11H2,1H3/t14-,16-/m1/s1. The highest BCUT2D eigenvalue weighted by Gasteiger charge is 2.32. The molecule has 142 valence electrons. The van der Waals surface area contributed by atoms with Gasteiger partial charge in [-0.15, -0.1) is 0 Å². The highest BCUT2D eigenvalue weighted by Crippen LogP contribution is 2.35. The van der Waals surface area contributed by atoms with E-state index in [0.717, 1.165) is 30.7 Å². The van der Waals surface area contributed by atoms with E-state index in [-0.39, 0.29) is 24.4 Å². The third-order valence-electron chi connectivity index (χ3n) is 5.46. The van der Waals surface area contributed by atoms with Crippen molar-refractivity contribution in [1.29, 1.82) is 0 Å². The van der Waals surface area contributed by atoms with Gasteiger partial charge in [-0.25, -0.2) is 4.79 Å². The van der Waals surface area contributed by atoms with Crippen molar-refractivity contribution in [1.82, 2.24) is 4.98 Å². The van der Waals surface area contributed by atoms with Gasteiger partial charge in [-0.2, -0.15) is 0 Å². The van der Waals surface area contributed by atoms with Gasteiger partial charge < -0.3 is 14.5 Å². The molecule has 0 saturated carbocycles. The average molecular weight is 388 g/mol. The van der Waals surface area contributed by atoms with Crippen LogP contribution in [0.1, 0.15) is 62.8 Å². The van der Waals surface area contributed by atoms with Crippen molar-refractivity contribution in [2.45, 2.75) is 44.6 Å². The summed E-state index contributed by atoms with van der Waals surface area (Å²) >= 11 is 5.96. The van der Waals surface area contributed by atoms with E-state index in [1.807, 2.05) is 24.3 Å². The average Bonchev–Trinajstić information content (AvgIpc) is 3.28. The molecule has 0 bridgehead atoms. The first-order valence-electron chi connectivity index (χ1n) is 9.31. The zero-order chi connectivity index (χ0) is 19.0. The molecule has 6 heteroatoms. The number of H-pyrrole nitrogens is 1. The molecule has 1 aromatic heterocycles. The molecule has 2 atom stereocenters. The fourth-order valence-corrected chi connectivity index (χ4v) is 4.15. The second kappa shape index (κ2) is 7.49. The largest absolute Gasteiger partial charge is 0.458 e. The maximum Gasteiger partial charge on any atom is 0.355 e. The summed E-state index contributed by atoms with van der Waals surface area (Å²) in [5, 5.41) is 0.675. The Balaban J connectivity index is 1.52. The van der Waals surface area contributed by atoms with E-state index in [2.05, 4.69) is 4.98 Å². The van der Waals surface area contributed by atoms with Crippen molar-refractivity contribution in [2.75, 3.05) is 13.2 Å². The molecule has 1 fully saturated rings. The quantitative estimate of drug-likeness (QED) is 0.797. The first-order chi connectivity index (χ1) is 13.0. The van der Waals surface area contributed by atoms with Gasteiger partial charge in [0, 0.05) is 29.3 Å². The number of rotatable bonds is 4. The van der Waals surface area contributed by atoms with Crippen LogP contribution in [0.15, 0.2) is 24.3 Å². The van der Waals surface area contributed by atoms with Crippen molar-refractivity contribution < 1.29 is 19.1 Å².